The molecule has 0 spiro atoms. The third-order valence-electron chi connectivity index (χ3n) is 7.81. The molecule has 0 radical (unpaired) electrons. The van der Waals surface area contributed by atoms with Crippen molar-refractivity contribution in [1.29, 1.82) is 0 Å². The van der Waals surface area contributed by atoms with Gasteiger partial charge in [-0.25, -0.2) is 4.39 Å². The Kier molecular flexibility index (Phi) is 7.49. The van der Waals surface area contributed by atoms with E-state index in [1.807, 2.05) is 6.92 Å². The van der Waals surface area contributed by atoms with E-state index in [1.165, 1.54) is 25.3 Å². The summed E-state index contributed by atoms with van der Waals surface area (Å²) < 4.78 is 14.4. The smallest absolute Gasteiger partial charge is 0.227 e. The lowest BCUT2D eigenvalue weighted by atomic mass is 9.88. The number of hydrogen-bond donors (Lipinski definition) is 1. The van der Waals surface area contributed by atoms with E-state index in [0.717, 1.165) is 69.3 Å². The number of benzene rings is 1. The monoisotopic (exact) mass is 443 g/mol. The van der Waals surface area contributed by atoms with Crippen LogP contribution in [-0.2, 0) is 16.1 Å². The van der Waals surface area contributed by atoms with Crippen LogP contribution in [0.25, 0.3) is 0 Å². The van der Waals surface area contributed by atoms with Gasteiger partial charge in [-0.2, -0.15) is 0 Å². The molecule has 6 heteroatoms. The van der Waals surface area contributed by atoms with Crippen LogP contribution in [-0.4, -0.2) is 47.3 Å². The van der Waals surface area contributed by atoms with E-state index in [1.54, 1.807) is 6.07 Å². The Hall–Kier alpha value is -1.95. The summed E-state index contributed by atoms with van der Waals surface area (Å²) in [4.78, 5) is 29.9. The Bertz CT molecular complexity index is 831. The van der Waals surface area contributed by atoms with Gasteiger partial charge in [0, 0.05) is 49.7 Å². The zero-order valence-corrected chi connectivity index (χ0v) is 19.7. The third-order valence-corrected chi connectivity index (χ3v) is 7.81. The van der Waals surface area contributed by atoms with Crippen molar-refractivity contribution < 1.29 is 14.0 Å². The highest BCUT2D eigenvalue weighted by atomic mass is 19.1. The van der Waals surface area contributed by atoms with E-state index in [0.29, 0.717) is 18.1 Å². The minimum Gasteiger partial charge on any atom is -0.337 e. The lowest BCUT2D eigenvalue weighted by molar-refractivity contribution is -0.140. The van der Waals surface area contributed by atoms with Crippen LogP contribution in [0.3, 0.4) is 0 Å². The third kappa shape index (κ3) is 5.33. The molecule has 0 unspecified atom stereocenters. The number of nitrogens with one attached hydrogen (secondary N) is 1. The van der Waals surface area contributed by atoms with Gasteiger partial charge in [-0.3, -0.25) is 14.5 Å². The minimum absolute atomic E-state index is 0.0250. The van der Waals surface area contributed by atoms with E-state index < -0.39 is 0 Å². The fourth-order valence-corrected chi connectivity index (χ4v) is 5.78. The summed E-state index contributed by atoms with van der Waals surface area (Å²) in [6.45, 7) is 7.03. The normalized spacial score (nSPS) is 23.5. The summed E-state index contributed by atoms with van der Waals surface area (Å²) in [6.07, 6.45) is 9.64. The van der Waals surface area contributed by atoms with Gasteiger partial charge in [0.25, 0.3) is 0 Å². The Morgan fingerprint density at radius 1 is 1.00 bits per heavy atom. The molecule has 176 valence electrons. The van der Waals surface area contributed by atoms with Crippen LogP contribution >= 0.6 is 0 Å². The maximum absolute atomic E-state index is 14.4. The van der Waals surface area contributed by atoms with Crippen LogP contribution in [0, 0.1) is 24.6 Å². The predicted molar refractivity (Wildman–Crippen MR) is 125 cm³/mol. The summed E-state index contributed by atoms with van der Waals surface area (Å²) in [5.74, 6) is 0.292. The Labute approximate surface area is 191 Å². The van der Waals surface area contributed by atoms with E-state index in [9.17, 15) is 14.0 Å². The van der Waals surface area contributed by atoms with Crippen molar-refractivity contribution >= 4 is 17.5 Å². The number of hydrogen-bond acceptors (Lipinski definition) is 3. The summed E-state index contributed by atoms with van der Waals surface area (Å²) in [6, 6.07) is 3.20. The summed E-state index contributed by atoms with van der Waals surface area (Å²) in [5.41, 5.74) is 2.44. The van der Waals surface area contributed by atoms with Crippen molar-refractivity contribution in [2.75, 3.05) is 25.0 Å². The molecular weight excluding hydrogens is 405 g/mol. The van der Waals surface area contributed by atoms with Gasteiger partial charge in [0.2, 0.25) is 11.8 Å². The molecule has 1 saturated heterocycles. The molecule has 1 N–H and O–H groups in total. The predicted octanol–water partition coefficient (Wildman–Crippen LogP) is 4.88. The van der Waals surface area contributed by atoms with E-state index in [4.69, 9.17) is 0 Å². The highest BCUT2D eigenvalue weighted by Gasteiger charge is 2.33. The SMILES string of the molecule is Cc1c(CN2CCN(C(=O)C3CCCC3)[C@@H](C)C2)cc(F)cc1NC(=O)C1CCCCC1. The van der Waals surface area contributed by atoms with Gasteiger partial charge in [0.15, 0.2) is 0 Å². The molecule has 2 amide bonds. The first-order valence-corrected chi connectivity index (χ1v) is 12.5. The second kappa shape index (κ2) is 10.3. The second-order valence-corrected chi connectivity index (χ2v) is 10.2. The summed E-state index contributed by atoms with van der Waals surface area (Å²) in [7, 11) is 0. The standard InChI is InChI=1S/C26H38FN3O2/c1-18-16-29(12-13-30(18)26(32)21-10-6-7-11-21)17-22-14-23(27)15-24(19(22)2)28-25(31)20-8-4-3-5-9-20/h14-15,18,20-21H,3-13,16-17H2,1-2H3,(H,28,31)/t18-/m0/s1. The molecule has 1 aromatic rings. The second-order valence-electron chi connectivity index (χ2n) is 10.2. The number of anilines is 1. The lowest BCUT2D eigenvalue weighted by Gasteiger charge is -2.41. The van der Waals surface area contributed by atoms with Gasteiger partial charge < -0.3 is 10.2 Å². The topological polar surface area (TPSA) is 52.6 Å². The quantitative estimate of drug-likeness (QED) is 0.706. The Balaban J connectivity index is 1.38. The van der Waals surface area contributed by atoms with Gasteiger partial charge in [0.05, 0.1) is 0 Å². The average Bonchev–Trinajstić information content (AvgIpc) is 3.32. The molecule has 5 nitrogen and oxygen atoms in total. The van der Waals surface area contributed by atoms with Crippen LogP contribution < -0.4 is 5.32 Å². The molecule has 0 aromatic heterocycles. The first-order chi connectivity index (χ1) is 15.4. The number of halogens is 1. The van der Waals surface area contributed by atoms with Crippen LogP contribution in [0.4, 0.5) is 10.1 Å². The average molecular weight is 444 g/mol. The molecule has 2 saturated carbocycles. The molecule has 1 aliphatic heterocycles. The van der Waals surface area contributed by atoms with Crippen molar-refractivity contribution in [2.45, 2.75) is 84.2 Å². The fraction of sp³-hybridized carbons (Fsp3) is 0.692. The molecule has 4 rings (SSSR count). The summed E-state index contributed by atoms with van der Waals surface area (Å²) in [5, 5.41) is 3.01. The minimum atomic E-state index is -0.312. The Morgan fingerprint density at radius 3 is 2.34 bits per heavy atom. The number of rotatable bonds is 5. The molecule has 3 fully saturated rings. The fourth-order valence-electron chi connectivity index (χ4n) is 5.78. The Morgan fingerprint density at radius 2 is 1.66 bits per heavy atom. The van der Waals surface area contributed by atoms with Gasteiger partial charge in [-0.1, -0.05) is 32.1 Å². The van der Waals surface area contributed by atoms with Crippen LogP contribution in [0.1, 0.15) is 75.8 Å². The highest BCUT2D eigenvalue weighted by Crippen LogP contribution is 2.30. The van der Waals surface area contributed by atoms with E-state index in [2.05, 4.69) is 22.0 Å². The summed E-state index contributed by atoms with van der Waals surface area (Å²) >= 11 is 0. The highest BCUT2D eigenvalue weighted by molar-refractivity contribution is 5.93. The molecule has 1 heterocycles. The number of nitrogens with zero attached hydrogens (tertiary/aromatic N) is 2. The molecule has 1 aromatic carbocycles. The van der Waals surface area contributed by atoms with Gasteiger partial charge in [-0.05, 0) is 62.8 Å². The van der Waals surface area contributed by atoms with Gasteiger partial charge >= 0.3 is 0 Å². The van der Waals surface area contributed by atoms with Crippen LogP contribution in [0.5, 0.6) is 0 Å². The van der Waals surface area contributed by atoms with Gasteiger partial charge in [0.1, 0.15) is 5.82 Å². The van der Waals surface area contributed by atoms with E-state index >= 15 is 0 Å². The number of piperazine rings is 1. The number of carbonyl (C=O) groups is 2. The molecular formula is C26H38FN3O2. The maximum atomic E-state index is 14.4. The zero-order chi connectivity index (χ0) is 22.7. The number of amides is 2. The first-order valence-electron chi connectivity index (χ1n) is 12.5. The largest absolute Gasteiger partial charge is 0.337 e. The first kappa shape index (κ1) is 23.2. The van der Waals surface area contributed by atoms with Crippen LogP contribution in [0.15, 0.2) is 12.1 Å². The molecule has 3 aliphatic rings. The lowest BCUT2D eigenvalue weighted by Crippen LogP contribution is -2.54. The molecule has 1 atom stereocenters. The number of carbonyl (C=O) groups excluding carboxylic acids is 2. The molecule has 2 aliphatic carbocycles. The zero-order valence-electron chi connectivity index (χ0n) is 19.7. The maximum Gasteiger partial charge on any atom is 0.227 e. The molecule has 32 heavy (non-hydrogen) atoms. The van der Waals surface area contributed by atoms with Crippen LogP contribution in [0.2, 0.25) is 0 Å². The van der Waals surface area contributed by atoms with Crippen molar-refractivity contribution in [1.82, 2.24) is 9.80 Å². The van der Waals surface area contributed by atoms with E-state index in [-0.39, 0.29) is 29.6 Å². The van der Waals surface area contributed by atoms with Gasteiger partial charge in [-0.15, -0.1) is 0 Å². The van der Waals surface area contributed by atoms with Crippen molar-refractivity contribution in [2.24, 2.45) is 11.8 Å². The molecule has 0 bridgehead atoms. The van der Waals surface area contributed by atoms with Crippen molar-refractivity contribution in [3.8, 4) is 0 Å². The van der Waals surface area contributed by atoms with Crippen molar-refractivity contribution in [3.63, 3.8) is 0 Å². The van der Waals surface area contributed by atoms with Crippen molar-refractivity contribution in [3.05, 3.63) is 29.1 Å².